The molecule has 0 bridgehead atoms. The number of carbonyl (C=O) groups is 1. The van der Waals surface area contributed by atoms with Crippen LogP contribution in [0.25, 0.3) is 0 Å². The summed E-state index contributed by atoms with van der Waals surface area (Å²) in [6.45, 7) is 4.13. The predicted octanol–water partition coefficient (Wildman–Crippen LogP) is 5.90. The first-order valence-corrected chi connectivity index (χ1v) is 13.6. The number of ether oxygens (including phenoxy) is 1. The Morgan fingerprint density at radius 2 is 1.60 bits per heavy atom. The summed E-state index contributed by atoms with van der Waals surface area (Å²) in [6, 6.07) is 6.76. The molecule has 0 aliphatic carbocycles. The molecule has 0 radical (unpaired) electrons. The standard InChI is InChI=1S/C23H38O5S2/c1-4-5-6-7-8-9-10-11-21(16-18-29-19-17-23(24)27-3)28-30(25,26)22-14-12-20(2)13-15-22/h12-15,21H,4-11,16-19H2,1-3H3. The van der Waals surface area contributed by atoms with Gasteiger partial charge >= 0.3 is 5.97 Å². The number of thioether (sulfide) groups is 1. The van der Waals surface area contributed by atoms with Crippen LogP contribution < -0.4 is 0 Å². The average molecular weight is 459 g/mol. The molecule has 1 atom stereocenters. The van der Waals surface area contributed by atoms with Gasteiger partial charge in [0.25, 0.3) is 10.1 Å². The molecule has 0 aliphatic heterocycles. The van der Waals surface area contributed by atoms with Crippen molar-refractivity contribution >= 4 is 27.8 Å². The molecule has 0 N–H and O–H groups in total. The number of unbranched alkanes of at least 4 members (excludes halogenated alkanes) is 6. The highest BCUT2D eigenvalue weighted by Gasteiger charge is 2.21. The lowest BCUT2D eigenvalue weighted by Crippen LogP contribution is -2.20. The molecule has 172 valence electrons. The first-order chi connectivity index (χ1) is 14.4. The molecule has 0 aliphatic rings. The van der Waals surface area contributed by atoms with E-state index in [2.05, 4.69) is 11.7 Å². The summed E-state index contributed by atoms with van der Waals surface area (Å²) in [5.41, 5.74) is 1.01. The Morgan fingerprint density at radius 3 is 2.23 bits per heavy atom. The predicted molar refractivity (Wildman–Crippen MR) is 124 cm³/mol. The quantitative estimate of drug-likeness (QED) is 0.164. The summed E-state index contributed by atoms with van der Waals surface area (Å²) in [7, 11) is -2.39. The van der Waals surface area contributed by atoms with Crippen molar-refractivity contribution < 1.29 is 22.1 Å². The van der Waals surface area contributed by atoms with Crippen molar-refractivity contribution in [3.05, 3.63) is 29.8 Å². The lowest BCUT2D eigenvalue weighted by molar-refractivity contribution is -0.140. The summed E-state index contributed by atoms with van der Waals surface area (Å²) in [5.74, 6) is 1.20. The second-order valence-corrected chi connectivity index (χ2v) is 10.4. The van der Waals surface area contributed by atoms with Crippen molar-refractivity contribution in [3.8, 4) is 0 Å². The third kappa shape index (κ3) is 12.0. The monoisotopic (exact) mass is 458 g/mol. The van der Waals surface area contributed by atoms with E-state index in [1.165, 1.54) is 39.2 Å². The SMILES string of the molecule is CCCCCCCCCC(CCSCCC(=O)OC)OS(=O)(=O)c1ccc(C)cc1. The van der Waals surface area contributed by atoms with Gasteiger partial charge in [0.15, 0.2) is 0 Å². The molecule has 7 heteroatoms. The maximum atomic E-state index is 12.7. The van der Waals surface area contributed by atoms with E-state index < -0.39 is 10.1 Å². The molecule has 30 heavy (non-hydrogen) atoms. The molecule has 5 nitrogen and oxygen atoms in total. The lowest BCUT2D eigenvalue weighted by Gasteiger charge is -2.18. The minimum Gasteiger partial charge on any atom is -0.469 e. The largest absolute Gasteiger partial charge is 0.469 e. The Balaban J connectivity index is 2.53. The van der Waals surface area contributed by atoms with Crippen LogP contribution in [0.1, 0.15) is 76.7 Å². The molecular formula is C23H38O5S2. The van der Waals surface area contributed by atoms with Crippen molar-refractivity contribution in [1.29, 1.82) is 0 Å². The molecule has 1 unspecified atom stereocenters. The maximum absolute atomic E-state index is 12.7. The van der Waals surface area contributed by atoms with E-state index in [9.17, 15) is 13.2 Å². The number of esters is 1. The van der Waals surface area contributed by atoms with E-state index in [0.717, 1.165) is 30.6 Å². The normalized spacial score (nSPS) is 12.6. The van der Waals surface area contributed by atoms with Crippen LogP contribution in [0.3, 0.4) is 0 Å². The number of carbonyl (C=O) groups excluding carboxylic acids is 1. The minimum absolute atomic E-state index is 0.205. The summed E-state index contributed by atoms with van der Waals surface area (Å²) in [5, 5.41) is 0. The number of methoxy groups -OCH3 is 1. The van der Waals surface area contributed by atoms with Gasteiger partial charge in [0, 0.05) is 5.75 Å². The molecule has 0 saturated heterocycles. The summed E-state index contributed by atoms with van der Waals surface area (Å²) in [6.07, 6.45) is 9.69. The Hall–Kier alpha value is -1.05. The van der Waals surface area contributed by atoms with Gasteiger partial charge in [-0.3, -0.25) is 8.98 Å². The molecular weight excluding hydrogens is 420 g/mol. The van der Waals surface area contributed by atoms with Gasteiger partial charge in [0.2, 0.25) is 0 Å². The minimum atomic E-state index is -3.77. The smallest absolute Gasteiger partial charge is 0.306 e. The highest BCUT2D eigenvalue weighted by molar-refractivity contribution is 7.99. The molecule has 0 aromatic heterocycles. The Kier molecular flexibility index (Phi) is 14.1. The fourth-order valence-electron chi connectivity index (χ4n) is 3.08. The molecule has 1 rings (SSSR count). The lowest BCUT2D eigenvalue weighted by atomic mass is 10.1. The number of aryl methyl sites for hydroxylation is 1. The molecule has 0 amide bonds. The van der Waals surface area contributed by atoms with E-state index in [4.69, 9.17) is 4.18 Å². The zero-order valence-electron chi connectivity index (χ0n) is 18.7. The Morgan fingerprint density at radius 1 is 0.967 bits per heavy atom. The molecule has 1 aromatic carbocycles. The van der Waals surface area contributed by atoms with E-state index >= 15 is 0 Å². The highest BCUT2D eigenvalue weighted by atomic mass is 32.2. The molecule has 0 heterocycles. The number of hydrogen-bond acceptors (Lipinski definition) is 6. The van der Waals surface area contributed by atoms with Crippen molar-refractivity contribution in [3.63, 3.8) is 0 Å². The molecule has 0 saturated carbocycles. The van der Waals surface area contributed by atoms with Gasteiger partial charge in [-0.15, -0.1) is 0 Å². The second kappa shape index (κ2) is 15.7. The van der Waals surface area contributed by atoms with E-state index in [-0.39, 0.29) is 17.0 Å². The average Bonchev–Trinajstić information content (AvgIpc) is 2.72. The van der Waals surface area contributed by atoms with Crippen molar-refractivity contribution in [2.45, 2.75) is 89.1 Å². The number of hydrogen-bond donors (Lipinski definition) is 0. The van der Waals surface area contributed by atoms with Crippen LogP contribution in [0.5, 0.6) is 0 Å². The maximum Gasteiger partial charge on any atom is 0.306 e. The van der Waals surface area contributed by atoms with Crippen LogP contribution in [0.15, 0.2) is 29.2 Å². The van der Waals surface area contributed by atoms with Crippen LogP contribution in [-0.4, -0.2) is 39.1 Å². The molecule has 0 fully saturated rings. The number of rotatable bonds is 17. The van der Waals surface area contributed by atoms with E-state index in [0.29, 0.717) is 18.6 Å². The fraction of sp³-hybridized carbons (Fsp3) is 0.696. The van der Waals surface area contributed by atoms with Gasteiger partial charge in [-0.25, -0.2) is 0 Å². The third-order valence-corrected chi connectivity index (χ3v) is 7.36. The van der Waals surface area contributed by atoms with Gasteiger partial charge in [0.05, 0.1) is 24.5 Å². The highest BCUT2D eigenvalue weighted by Crippen LogP contribution is 2.22. The van der Waals surface area contributed by atoms with E-state index in [1.807, 2.05) is 6.92 Å². The second-order valence-electron chi connectivity index (χ2n) is 7.62. The summed E-state index contributed by atoms with van der Waals surface area (Å²) < 4.78 is 35.6. The van der Waals surface area contributed by atoms with Crippen LogP contribution in [-0.2, 0) is 23.8 Å². The first-order valence-electron chi connectivity index (χ1n) is 11.0. The number of benzene rings is 1. The van der Waals surface area contributed by atoms with Crippen molar-refractivity contribution in [2.75, 3.05) is 18.6 Å². The van der Waals surface area contributed by atoms with Gasteiger partial charge in [-0.1, -0.05) is 69.6 Å². The summed E-state index contributed by atoms with van der Waals surface area (Å²) in [4.78, 5) is 11.4. The molecule has 1 aromatic rings. The van der Waals surface area contributed by atoms with Crippen LogP contribution in [0.2, 0.25) is 0 Å². The Labute approximate surface area is 187 Å². The molecule has 0 spiro atoms. The van der Waals surface area contributed by atoms with Crippen LogP contribution in [0.4, 0.5) is 0 Å². The zero-order valence-corrected chi connectivity index (χ0v) is 20.4. The topological polar surface area (TPSA) is 69.7 Å². The van der Waals surface area contributed by atoms with Gasteiger partial charge in [-0.05, 0) is 37.7 Å². The fourth-order valence-corrected chi connectivity index (χ4v) is 5.16. The van der Waals surface area contributed by atoms with Crippen LogP contribution in [0, 0.1) is 6.92 Å². The van der Waals surface area contributed by atoms with E-state index in [1.54, 1.807) is 36.0 Å². The van der Waals surface area contributed by atoms with Crippen LogP contribution >= 0.6 is 11.8 Å². The van der Waals surface area contributed by atoms with Crippen molar-refractivity contribution in [1.82, 2.24) is 0 Å². The first kappa shape index (κ1) is 27.0. The Bertz CT molecular complexity index is 686. The zero-order chi connectivity index (χ0) is 22.2. The third-order valence-electron chi connectivity index (χ3n) is 4.96. The van der Waals surface area contributed by atoms with Gasteiger partial charge in [0.1, 0.15) is 0 Å². The van der Waals surface area contributed by atoms with Gasteiger partial charge in [-0.2, -0.15) is 20.2 Å². The van der Waals surface area contributed by atoms with Crippen molar-refractivity contribution in [2.24, 2.45) is 0 Å². The van der Waals surface area contributed by atoms with Gasteiger partial charge < -0.3 is 4.74 Å². The summed E-state index contributed by atoms with van der Waals surface area (Å²) >= 11 is 1.63.